The minimum Gasteiger partial charge on any atom is -0.349 e. The fourth-order valence-electron chi connectivity index (χ4n) is 3.32. The Bertz CT molecular complexity index is 743. The number of amides is 1. The molecule has 0 aliphatic carbocycles. The van der Waals surface area contributed by atoms with Crippen LogP contribution in [0.4, 0.5) is 0 Å². The first-order valence-electron chi connectivity index (χ1n) is 9.01. The van der Waals surface area contributed by atoms with Gasteiger partial charge in [0.2, 0.25) is 0 Å². The van der Waals surface area contributed by atoms with Gasteiger partial charge in [-0.1, -0.05) is 29.8 Å². The van der Waals surface area contributed by atoms with E-state index < -0.39 is 0 Å². The highest BCUT2D eigenvalue weighted by Crippen LogP contribution is 2.25. The Kier molecular flexibility index (Phi) is 8.10. The lowest BCUT2D eigenvalue weighted by Crippen LogP contribution is -2.35. The second kappa shape index (κ2) is 10.1. The molecular formula is C19H27Cl2N5O. The quantitative estimate of drug-likeness (QED) is 0.766. The van der Waals surface area contributed by atoms with Gasteiger partial charge in [-0.05, 0) is 51.2 Å². The molecule has 8 heteroatoms. The van der Waals surface area contributed by atoms with Gasteiger partial charge in [0.15, 0.2) is 0 Å². The van der Waals surface area contributed by atoms with Crippen molar-refractivity contribution < 1.29 is 4.79 Å². The van der Waals surface area contributed by atoms with Crippen molar-refractivity contribution in [1.82, 2.24) is 25.3 Å². The van der Waals surface area contributed by atoms with Crippen LogP contribution in [0, 0.1) is 0 Å². The van der Waals surface area contributed by atoms with Crippen LogP contribution in [-0.4, -0.2) is 54.3 Å². The van der Waals surface area contributed by atoms with Crippen molar-refractivity contribution in [2.24, 2.45) is 0 Å². The third-order valence-corrected chi connectivity index (χ3v) is 5.17. The maximum atomic E-state index is 12.5. The molecule has 1 aliphatic heterocycles. The van der Waals surface area contributed by atoms with Gasteiger partial charge in [-0.3, -0.25) is 9.48 Å². The standard InChI is InChI=1S/C19H26ClN5O.ClH/c1-24(2)18(15-7-3-4-8-16(15)20)13-22-19(26)17-9-11-25(23-17)14-6-5-10-21-12-14;/h3-4,7-9,11,14,18,21H,5-6,10,12-13H2,1-2H3,(H,22,26);1H. The molecule has 2 heterocycles. The van der Waals surface area contributed by atoms with Crippen molar-refractivity contribution in [2.75, 3.05) is 33.7 Å². The molecule has 0 spiro atoms. The Labute approximate surface area is 171 Å². The molecule has 1 aromatic carbocycles. The number of likely N-dealkylation sites (N-methyl/N-ethyl adjacent to an activating group) is 1. The highest BCUT2D eigenvalue weighted by molar-refractivity contribution is 6.31. The lowest BCUT2D eigenvalue weighted by atomic mass is 10.1. The molecule has 27 heavy (non-hydrogen) atoms. The first-order chi connectivity index (χ1) is 12.6. The molecule has 1 aliphatic rings. The summed E-state index contributed by atoms with van der Waals surface area (Å²) >= 11 is 6.32. The molecule has 1 amide bonds. The fraction of sp³-hybridized carbons (Fsp3) is 0.474. The van der Waals surface area contributed by atoms with Crippen molar-refractivity contribution >= 4 is 29.9 Å². The summed E-state index contributed by atoms with van der Waals surface area (Å²) in [4.78, 5) is 14.6. The normalized spacial score (nSPS) is 18.0. The van der Waals surface area contributed by atoms with Gasteiger partial charge in [0.05, 0.1) is 12.1 Å². The fourth-order valence-corrected chi connectivity index (χ4v) is 3.58. The lowest BCUT2D eigenvalue weighted by molar-refractivity contribution is 0.0935. The molecule has 3 rings (SSSR count). The molecule has 2 aromatic rings. The predicted octanol–water partition coefficient (Wildman–Crippen LogP) is 2.92. The Morgan fingerprint density at radius 2 is 2.19 bits per heavy atom. The van der Waals surface area contributed by atoms with Gasteiger partial charge in [-0.2, -0.15) is 5.10 Å². The highest BCUT2D eigenvalue weighted by atomic mass is 35.5. The molecule has 2 atom stereocenters. The van der Waals surface area contributed by atoms with E-state index in [1.807, 2.05) is 54.1 Å². The topological polar surface area (TPSA) is 62.2 Å². The first-order valence-corrected chi connectivity index (χ1v) is 9.39. The number of halogens is 2. The van der Waals surface area contributed by atoms with Gasteiger partial charge in [0, 0.05) is 24.3 Å². The van der Waals surface area contributed by atoms with Crippen LogP contribution < -0.4 is 10.6 Å². The Balaban J connectivity index is 0.00000261. The van der Waals surface area contributed by atoms with Gasteiger partial charge in [-0.25, -0.2) is 0 Å². The van der Waals surface area contributed by atoms with Crippen LogP contribution in [0.1, 0.15) is 41.0 Å². The van der Waals surface area contributed by atoms with Crippen LogP contribution in [0.5, 0.6) is 0 Å². The average molecular weight is 412 g/mol. The summed E-state index contributed by atoms with van der Waals surface area (Å²) in [6.45, 7) is 2.42. The van der Waals surface area contributed by atoms with Crippen molar-refractivity contribution in [3.05, 3.63) is 52.8 Å². The van der Waals surface area contributed by atoms with E-state index in [0.717, 1.165) is 31.5 Å². The number of hydrogen-bond donors (Lipinski definition) is 2. The third kappa shape index (κ3) is 5.45. The van der Waals surface area contributed by atoms with Crippen molar-refractivity contribution in [3.8, 4) is 0 Å². The number of nitrogens with zero attached hydrogens (tertiary/aromatic N) is 3. The van der Waals surface area contributed by atoms with E-state index in [0.29, 0.717) is 23.3 Å². The second-order valence-electron chi connectivity index (χ2n) is 6.89. The zero-order valence-corrected chi connectivity index (χ0v) is 17.3. The molecule has 2 unspecified atom stereocenters. The Hall–Kier alpha value is -1.60. The average Bonchev–Trinajstić information content (AvgIpc) is 3.14. The lowest BCUT2D eigenvalue weighted by Gasteiger charge is -2.25. The number of nitrogens with one attached hydrogen (secondary N) is 2. The van der Waals surface area contributed by atoms with E-state index in [-0.39, 0.29) is 24.4 Å². The van der Waals surface area contributed by atoms with Crippen molar-refractivity contribution in [1.29, 1.82) is 0 Å². The molecule has 2 N–H and O–H groups in total. The predicted molar refractivity (Wildman–Crippen MR) is 111 cm³/mol. The SMILES string of the molecule is CN(C)C(CNC(=O)c1ccn(C2CCCNC2)n1)c1ccccc1Cl.Cl. The maximum Gasteiger partial charge on any atom is 0.271 e. The minimum atomic E-state index is -0.161. The van der Waals surface area contributed by atoms with Crippen LogP contribution in [-0.2, 0) is 0 Å². The monoisotopic (exact) mass is 411 g/mol. The van der Waals surface area contributed by atoms with Crippen LogP contribution in [0.15, 0.2) is 36.5 Å². The number of carbonyl (C=O) groups is 1. The molecule has 6 nitrogen and oxygen atoms in total. The van der Waals surface area contributed by atoms with E-state index in [9.17, 15) is 4.79 Å². The molecular weight excluding hydrogens is 385 g/mol. The molecule has 1 aromatic heterocycles. The number of rotatable bonds is 6. The molecule has 148 valence electrons. The molecule has 0 bridgehead atoms. The van der Waals surface area contributed by atoms with Gasteiger partial charge in [0.25, 0.3) is 5.91 Å². The zero-order valence-electron chi connectivity index (χ0n) is 15.7. The largest absolute Gasteiger partial charge is 0.349 e. The number of aromatic nitrogens is 2. The number of piperidine rings is 1. The zero-order chi connectivity index (χ0) is 18.5. The summed E-state index contributed by atoms with van der Waals surface area (Å²) < 4.78 is 1.90. The Morgan fingerprint density at radius 3 is 2.85 bits per heavy atom. The summed E-state index contributed by atoms with van der Waals surface area (Å²) in [5.41, 5.74) is 1.45. The number of benzene rings is 1. The highest BCUT2D eigenvalue weighted by Gasteiger charge is 2.20. The van der Waals surface area contributed by atoms with E-state index >= 15 is 0 Å². The maximum absolute atomic E-state index is 12.5. The number of hydrogen-bond acceptors (Lipinski definition) is 4. The first kappa shape index (κ1) is 21.7. The van der Waals surface area contributed by atoms with Crippen LogP contribution in [0.25, 0.3) is 0 Å². The Morgan fingerprint density at radius 1 is 1.41 bits per heavy atom. The van der Waals surface area contributed by atoms with Gasteiger partial charge >= 0.3 is 0 Å². The smallest absolute Gasteiger partial charge is 0.271 e. The van der Waals surface area contributed by atoms with Crippen LogP contribution >= 0.6 is 24.0 Å². The van der Waals surface area contributed by atoms with Crippen molar-refractivity contribution in [3.63, 3.8) is 0 Å². The second-order valence-corrected chi connectivity index (χ2v) is 7.30. The van der Waals surface area contributed by atoms with E-state index in [1.165, 1.54) is 0 Å². The summed E-state index contributed by atoms with van der Waals surface area (Å²) in [7, 11) is 3.95. The van der Waals surface area contributed by atoms with Gasteiger partial charge in [0.1, 0.15) is 5.69 Å². The van der Waals surface area contributed by atoms with E-state index in [2.05, 4.69) is 15.7 Å². The minimum absolute atomic E-state index is 0. The van der Waals surface area contributed by atoms with Gasteiger partial charge in [-0.15, -0.1) is 12.4 Å². The van der Waals surface area contributed by atoms with Crippen LogP contribution in [0.2, 0.25) is 5.02 Å². The molecule has 1 fully saturated rings. The van der Waals surface area contributed by atoms with Crippen molar-refractivity contribution in [2.45, 2.75) is 24.9 Å². The molecule has 1 saturated heterocycles. The van der Waals surface area contributed by atoms with E-state index in [1.54, 1.807) is 6.07 Å². The summed E-state index contributed by atoms with van der Waals surface area (Å²) in [6.07, 6.45) is 4.11. The third-order valence-electron chi connectivity index (χ3n) is 4.83. The summed E-state index contributed by atoms with van der Waals surface area (Å²) in [6, 6.07) is 9.83. The summed E-state index contributed by atoms with van der Waals surface area (Å²) in [5.74, 6) is -0.161. The van der Waals surface area contributed by atoms with E-state index in [4.69, 9.17) is 11.6 Å². The van der Waals surface area contributed by atoms with Crippen LogP contribution in [0.3, 0.4) is 0 Å². The number of carbonyl (C=O) groups excluding carboxylic acids is 1. The molecule has 0 radical (unpaired) electrons. The molecule has 0 saturated carbocycles. The van der Waals surface area contributed by atoms with Gasteiger partial charge < -0.3 is 15.5 Å². The summed E-state index contributed by atoms with van der Waals surface area (Å²) in [5, 5.41) is 11.5.